The van der Waals surface area contributed by atoms with Gasteiger partial charge in [0.25, 0.3) is 0 Å². The van der Waals surface area contributed by atoms with Gasteiger partial charge in [-0.15, -0.1) is 11.8 Å². The van der Waals surface area contributed by atoms with Gasteiger partial charge in [0.1, 0.15) is 0 Å². The number of carbonyl (C=O) groups excluding carboxylic acids is 1. The second-order valence-electron chi connectivity index (χ2n) is 2.78. The molecule has 0 heterocycles. The van der Waals surface area contributed by atoms with Crippen LogP contribution in [-0.4, -0.2) is 16.9 Å². The van der Waals surface area contributed by atoms with Gasteiger partial charge in [-0.25, -0.2) is 0 Å². The van der Waals surface area contributed by atoms with Crippen LogP contribution in [0.15, 0.2) is 29.2 Å². The van der Waals surface area contributed by atoms with Crippen LogP contribution in [0.4, 0.5) is 8.78 Å². The average molecular weight is 251 g/mol. The SMILES string of the molecule is CCSc1ccc(C(=O)C(F)(F)Cl)cc1. The zero-order valence-electron chi connectivity index (χ0n) is 7.97. The minimum Gasteiger partial charge on any atom is -0.286 e. The molecule has 1 nitrogen and oxygen atoms in total. The summed E-state index contributed by atoms with van der Waals surface area (Å²) in [7, 11) is 0. The molecule has 0 saturated heterocycles. The van der Waals surface area contributed by atoms with Crippen molar-refractivity contribution in [1.82, 2.24) is 0 Å². The van der Waals surface area contributed by atoms with Crippen LogP contribution in [0, 0.1) is 0 Å². The summed E-state index contributed by atoms with van der Waals surface area (Å²) in [6, 6.07) is 5.97. The number of carbonyl (C=O) groups is 1. The summed E-state index contributed by atoms with van der Waals surface area (Å²) in [6.45, 7) is 1.98. The summed E-state index contributed by atoms with van der Waals surface area (Å²) >= 11 is 6.20. The lowest BCUT2D eigenvalue weighted by molar-refractivity contribution is 0.0536. The highest BCUT2D eigenvalue weighted by molar-refractivity contribution is 7.99. The van der Waals surface area contributed by atoms with Crippen LogP contribution in [0.25, 0.3) is 0 Å². The molecule has 0 fully saturated rings. The van der Waals surface area contributed by atoms with E-state index in [0.29, 0.717) is 0 Å². The van der Waals surface area contributed by atoms with Crippen molar-refractivity contribution in [3.8, 4) is 0 Å². The van der Waals surface area contributed by atoms with Gasteiger partial charge in [-0.2, -0.15) is 8.78 Å². The Morgan fingerprint density at radius 3 is 2.33 bits per heavy atom. The summed E-state index contributed by atoms with van der Waals surface area (Å²) in [5.41, 5.74) is -0.0737. The van der Waals surface area contributed by atoms with E-state index in [1.165, 1.54) is 12.1 Å². The van der Waals surface area contributed by atoms with Crippen LogP contribution in [0.3, 0.4) is 0 Å². The number of rotatable bonds is 4. The smallest absolute Gasteiger partial charge is 0.286 e. The molecule has 0 radical (unpaired) electrons. The lowest BCUT2D eigenvalue weighted by Crippen LogP contribution is -2.21. The molecule has 0 aliphatic carbocycles. The number of alkyl halides is 3. The quantitative estimate of drug-likeness (QED) is 0.459. The second-order valence-corrected chi connectivity index (χ2v) is 4.60. The second kappa shape index (κ2) is 4.94. The van der Waals surface area contributed by atoms with Crippen molar-refractivity contribution in [2.24, 2.45) is 0 Å². The predicted octanol–water partition coefficient (Wildman–Crippen LogP) is 3.81. The van der Waals surface area contributed by atoms with Crippen LogP contribution in [0.2, 0.25) is 0 Å². The van der Waals surface area contributed by atoms with Gasteiger partial charge in [0, 0.05) is 10.5 Å². The molecular formula is C10H9ClF2OS. The minimum atomic E-state index is -3.82. The zero-order chi connectivity index (χ0) is 11.5. The highest BCUT2D eigenvalue weighted by atomic mass is 35.5. The molecule has 0 aliphatic heterocycles. The number of thioether (sulfide) groups is 1. The van der Waals surface area contributed by atoms with Crippen LogP contribution in [0.1, 0.15) is 17.3 Å². The maximum Gasteiger partial charge on any atom is 0.384 e. The van der Waals surface area contributed by atoms with E-state index in [1.807, 2.05) is 6.92 Å². The van der Waals surface area contributed by atoms with Crippen molar-refractivity contribution in [3.63, 3.8) is 0 Å². The highest BCUT2D eigenvalue weighted by Gasteiger charge is 2.36. The lowest BCUT2D eigenvalue weighted by atomic mass is 10.1. The molecule has 0 N–H and O–H groups in total. The number of ketones is 1. The molecule has 82 valence electrons. The molecule has 5 heteroatoms. The van der Waals surface area contributed by atoms with Crippen molar-refractivity contribution >= 4 is 29.1 Å². The van der Waals surface area contributed by atoms with Gasteiger partial charge in [0.05, 0.1) is 0 Å². The highest BCUT2D eigenvalue weighted by Crippen LogP contribution is 2.25. The third-order valence-corrected chi connectivity index (χ3v) is 2.75. The third-order valence-electron chi connectivity index (χ3n) is 1.68. The van der Waals surface area contributed by atoms with E-state index >= 15 is 0 Å². The molecule has 1 aromatic rings. The Hall–Kier alpha value is -0.610. The summed E-state index contributed by atoms with van der Waals surface area (Å²) in [5.74, 6) is -0.476. The Labute approximate surface area is 95.8 Å². The Morgan fingerprint density at radius 1 is 1.40 bits per heavy atom. The van der Waals surface area contributed by atoms with E-state index in [2.05, 4.69) is 11.6 Å². The molecule has 0 spiro atoms. The molecule has 0 saturated carbocycles. The Kier molecular flexibility index (Phi) is 4.11. The van der Waals surface area contributed by atoms with E-state index in [0.717, 1.165) is 10.6 Å². The maximum atomic E-state index is 12.5. The monoisotopic (exact) mass is 250 g/mol. The van der Waals surface area contributed by atoms with Crippen LogP contribution >= 0.6 is 23.4 Å². The fourth-order valence-corrected chi connectivity index (χ4v) is 1.80. The molecule has 0 amide bonds. The Balaban J connectivity index is 2.85. The topological polar surface area (TPSA) is 17.1 Å². The molecule has 1 aromatic carbocycles. The van der Waals surface area contributed by atoms with Gasteiger partial charge in [0.15, 0.2) is 0 Å². The van der Waals surface area contributed by atoms with Crippen LogP contribution in [0.5, 0.6) is 0 Å². The van der Waals surface area contributed by atoms with Gasteiger partial charge in [-0.3, -0.25) is 4.79 Å². The normalized spacial score (nSPS) is 11.5. The van der Waals surface area contributed by atoms with Crippen molar-refractivity contribution in [2.45, 2.75) is 17.2 Å². The van der Waals surface area contributed by atoms with Crippen molar-refractivity contribution in [1.29, 1.82) is 0 Å². The molecule has 0 unspecified atom stereocenters. The molecule has 0 bridgehead atoms. The first kappa shape index (κ1) is 12.5. The minimum absolute atomic E-state index is 0.0737. The average Bonchev–Trinajstić information content (AvgIpc) is 2.17. The summed E-state index contributed by atoms with van der Waals surface area (Å²) in [4.78, 5) is 12.0. The van der Waals surface area contributed by atoms with Gasteiger partial charge < -0.3 is 0 Å². The van der Waals surface area contributed by atoms with Gasteiger partial charge in [0.2, 0.25) is 5.78 Å². The molecule has 0 atom stereocenters. The van der Waals surface area contributed by atoms with Crippen molar-refractivity contribution in [2.75, 3.05) is 5.75 Å². The van der Waals surface area contributed by atoms with Crippen LogP contribution < -0.4 is 0 Å². The molecule has 15 heavy (non-hydrogen) atoms. The standard InChI is InChI=1S/C10H9ClF2OS/c1-2-15-8-5-3-7(4-6-8)9(14)10(11,12)13/h3-6H,2H2,1H3. The number of Topliss-reactive ketones (excluding diaryl/α,β-unsaturated/α-hetero) is 1. The predicted molar refractivity (Wildman–Crippen MR) is 58.0 cm³/mol. The number of hydrogen-bond donors (Lipinski definition) is 0. The number of halogens is 3. The van der Waals surface area contributed by atoms with Crippen molar-refractivity contribution < 1.29 is 13.6 Å². The first-order valence-corrected chi connectivity index (χ1v) is 5.66. The maximum absolute atomic E-state index is 12.5. The van der Waals surface area contributed by atoms with E-state index in [9.17, 15) is 13.6 Å². The van der Waals surface area contributed by atoms with Crippen molar-refractivity contribution in [3.05, 3.63) is 29.8 Å². The van der Waals surface area contributed by atoms with Gasteiger partial charge in [-0.1, -0.05) is 19.1 Å². The van der Waals surface area contributed by atoms with E-state index < -0.39 is 11.2 Å². The fourth-order valence-electron chi connectivity index (χ4n) is 1.03. The number of hydrogen-bond acceptors (Lipinski definition) is 2. The number of benzene rings is 1. The Bertz CT molecular complexity index is 345. The first-order chi connectivity index (χ1) is 6.95. The first-order valence-electron chi connectivity index (χ1n) is 4.29. The summed E-state index contributed by atoms with van der Waals surface area (Å²) < 4.78 is 24.9. The molecule has 0 aromatic heterocycles. The Morgan fingerprint density at radius 2 is 1.93 bits per heavy atom. The van der Waals surface area contributed by atoms with Gasteiger partial charge in [-0.05, 0) is 29.5 Å². The fraction of sp³-hybridized carbons (Fsp3) is 0.300. The largest absolute Gasteiger partial charge is 0.384 e. The molecular weight excluding hydrogens is 242 g/mol. The van der Waals surface area contributed by atoms with Crippen LogP contribution in [-0.2, 0) is 0 Å². The molecule has 0 aliphatic rings. The zero-order valence-corrected chi connectivity index (χ0v) is 9.54. The van der Waals surface area contributed by atoms with E-state index in [-0.39, 0.29) is 5.56 Å². The lowest BCUT2D eigenvalue weighted by Gasteiger charge is -2.06. The third kappa shape index (κ3) is 3.47. The summed E-state index contributed by atoms with van der Waals surface area (Å²) in [5, 5.41) is -3.82. The van der Waals surface area contributed by atoms with E-state index in [1.54, 1.807) is 23.9 Å². The van der Waals surface area contributed by atoms with E-state index in [4.69, 9.17) is 0 Å². The summed E-state index contributed by atoms with van der Waals surface area (Å²) in [6.07, 6.45) is 0. The van der Waals surface area contributed by atoms with Gasteiger partial charge >= 0.3 is 5.38 Å². The molecule has 1 rings (SSSR count).